The Kier molecular flexibility index (Phi) is 6.52. The second-order valence-corrected chi connectivity index (χ2v) is 10.6. The Hall–Kier alpha value is -3.18. The topological polar surface area (TPSA) is 112 Å². The smallest absolute Gasteiger partial charge is 0.269 e. The molecule has 174 valence electrons. The van der Waals surface area contributed by atoms with E-state index in [0.29, 0.717) is 37.4 Å². The number of thiazole rings is 1. The maximum Gasteiger partial charge on any atom is 0.269 e. The van der Waals surface area contributed by atoms with Gasteiger partial charge >= 0.3 is 0 Å². The lowest BCUT2D eigenvalue weighted by molar-refractivity contribution is -0.384. The maximum absolute atomic E-state index is 13.0. The van der Waals surface area contributed by atoms with Crippen molar-refractivity contribution in [2.45, 2.75) is 23.0 Å². The molecule has 4 rings (SSSR count). The van der Waals surface area contributed by atoms with Gasteiger partial charge in [-0.25, -0.2) is 13.4 Å². The molecule has 1 saturated heterocycles. The van der Waals surface area contributed by atoms with Crippen LogP contribution in [0.25, 0.3) is 11.3 Å². The summed E-state index contributed by atoms with van der Waals surface area (Å²) in [6.45, 7) is 1.12. The predicted octanol–water partition coefficient (Wildman–Crippen LogP) is 4.18. The largest absolute Gasteiger partial charge is 0.497 e. The lowest BCUT2D eigenvalue weighted by atomic mass is 10.1. The van der Waals surface area contributed by atoms with Gasteiger partial charge < -0.3 is 14.4 Å². The van der Waals surface area contributed by atoms with Gasteiger partial charge in [0.15, 0.2) is 15.0 Å². The minimum Gasteiger partial charge on any atom is -0.497 e. The monoisotopic (exact) mass is 489 g/mol. The van der Waals surface area contributed by atoms with Gasteiger partial charge in [-0.3, -0.25) is 10.1 Å². The zero-order valence-electron chi connectivity index (χ0n) is 18.1. The van der Waals surface area contributed by atoms with Crippen molar-refractivity contribution in [2.24, 2.45) is 0 Å². The molecule has 1 aliphatic heterocycles. The van der Waals surface area contributed by atoms with Crippen LogP contribution in [0, 0.1) is 10.1 Å². The third kappa shape index (κ3) is 4.64. The first-order valence-corrected chi connectivity index (χ1v) is 12.7. The lowest BCUT2D eigenvalue weighted by Gasteiger charge is -2.31. The second-order valence-electron chi connectivity index (χ2n) is 7.56. The molecule has 0 radical (unpaired) electrons. The fourth-order valence-corrected chi connectivity index (χ4v) is 6.46. The number of anilines is 1. The van der Waals surface area contributed by atoms with E-state index >= 15 is 0 Å². The van der Waals surface area contributed by atoms with Crippen LogP contribution in [-0.2, 0) is 9.84 Å². The number of methoxy groups -OCH3 is 2. The van der Waals surface area contributed by atoms with E-state index in [9.17, 15) is 18.5 Å². The van der Waals surface area contributed by atoms with Crippen molar-refractivity contribution in [1.82, 2.24) is 4.98 Å². The van der Waals surface area contributed by atoms with Crippen molar-refractivity contribution in [3.63, 3.8) is 0 Å². The van der Waals surface area contributed by atoms with Gasteiger partial charge in [-0.15, -0.1) is 11.3 Å². The number of nitrogens with zero attached hydrogens (tertiary/aromatic N) is 3. The minimum atomic E-state index is -3.56. The number of rotatable bonds is 7. The summed E-state index contributed by atoms with van der Waals surface area (Å²) in [6, 6.07) is 10.7. The van der Waals surface area contributed by atoms with Crippen molar-refractivity contribution in [1.29, 1.82) is 0 Å². The highest BCUT2D eigenvalue weighted by Gasteiger charge is 2.32. The Labute approximate surface area is 195 Å². The van der Waals surface area contributed by atoms with Gasteiger partial charge in [-0.1, -0.05) is 0 Å². The number of nitro benzene ring substituents is 1. The highest BCUT2D eigenvalue weighted by molar-refractivity contribution is 7.92. The van der Waals surface area contributed by atoms with E-state index in [1.165, 1.54) is 35.6 Å². The van der Waals surface area contributed by atoms with Crippen molar-refractivity contribution in [3.05, 3.63) is 58.0 Å². The van der Waals surface area contributed by atoms with Crippen LogP contribution in [0.5, 0.6) is 11.5 Å². The molecule has 1 aromatic heterocycles. The maximum atomic E-state index is 13.0. The fourth-order valence-electron chi connectivity index (χ4n) is 3.85. The molecule has 0 spiro atoms. The average molecular weight is 490 g/mol. The normalized spacial score (nSPS) is 14.8. The van der Waals surface area contributed by atoms with Crippen LogP contribution in [0.2, 0.25) is 0 Å². The summed E-state index contributed by atoms with van der Waals surface area (Å²) in [4.78, 5) is 17.2. The molecule has 0 atom stereocenters. The summed E-state index contributed by atoms with van der Waals surface area (Å²) in [7, 11) is -0.361. The van der Waals surface area contributed by atoms with Crippen LogP contribution in [0.3, 0.4) is 0 Å². The van der Waals surface area contributed by atoms with Crippen LogP contribution < -0.4 is 14.4 Å². The van der Waals surface area contributed by atoms with E-state index in [1.54, 1.807) is 14.2 Å². The summed E-state index contributed by atoms with van der Waals surface area (Å²) < 4.78 is 36.7. The Morgan fingerprint density at radius 1 is 1.09 bits per heavy atom. The van der Waals surface area contributed by atoms with Gasteiger partial charge in [0.25, 0.3) is 5.69 Å². The molecule has 1 aliphatic rings. The molecule has 0 aliphatic carbocycles. The number of ether oxygens (including phenoxy) is 2. The van der Waals surface area contributed by atoms with Gasteiger partial charge in [-0.05, 0) is 37.1 Å². The number of non-ortho nitro benzene ring substituents is 1. The molecule has 33 heavy (non-hydrogen) atoms. The van der Waals surface area contributed by atoms with E-state index in [0.717, 1.165) is 16.4 Å². The Bertz CT molecular complexity index is 1250. The first-order chi connectivity index (χ1) is 15.8. The van der Waals surface area contributed by atoms with E-state index < -0.39 is 20.0 Å². The quantitative estimate of drug-likeness (QED) is 0.359. The molecule has 0 N–H and O–H groups in total. The van der Waals surface area contributed by atoms with E-state index in [2.05, 4.69) is 4.90 Å². The Morgan fingerprint density at radius 2 is 1.79 bits per heavy atom. The van der Waals surface area contributed by atoms with Crippen LogP contribution in [0.1, 0.15) is 12.8 Å². The van der Waals surface area contributed by atoms with Gasteiger partial charge in [-0.2, -0.15) is 0 Å². The Morgan fingerprint density at radius 3 is 2.39 bits per heavy atom. The van der Waals surface area contributed by atoms with Crippen molar-refractivity contribution >= 4 is 32.0 Å². The molecular weight excluding hydrogens is 466 g/mol. The highest BCUT2D eigenvalue weighted by Crippen LogP contribution is 2.37. The lowest BCUT2D eigenvalue weighted by Crippen LogP contribution is -2.39. The van der Waals surface area contributed by atoms with Crippen molar-refractivity contribution < 1.29 is 22.8 Å². The standard InChI is InChI=1S/C22H23N3O6S2/c1-30-16-5-8-19(21(13-16)31-2)20-14-32-22(23-20)24-11-9-18(10-12-24)33(28,29)17-6-3-15(4-7-17)25(26)27/h3-8,13-14,18H,9-12H2,1-2H3. The number of hydrogen-bond donors (Lipinski definition) is 0. The SMILES string of the molecule is COc1ccc(-c2csc(N3CCC(S(=O)(=O)c4ccc([N+](=O)[O-])cc4)CC3)n2)c(OC)c1. The molecule has 1 fully saturated rings. The second kappa shape index (κ2) is 9.36. The van der Waals surface area contributed by atoms with Gasteiger partial charge in [0.1, 0.15) is 11.5 Å². The number of hydrogen-bond acceptors (Lipinski definition) is 9. The van der Waals surface area contributed by atoms with Crippen LogP contribution in [-0.4, -0.2) is 50.9 Å². The molecule has 9 nitrogen and oxygen atoms in total. The summed E-state index contributed by atoms with van der Waals surface area (Å²) >= 11 is 1.50. The predicted molar refractivity (Wildman–Crippen MR) is 126 cm³/mol. The molecule has 0 bridgehead atoms. The average Bonchev–Trinajstić information content (AvgIpc) is 3.33. The van der Waals surface area contributed by atoms with Crippen LogP contribution in [0.15, 0.2) is 52.7 Å². The van der Waals surface area contributed by atoms with Crippen LogP contribution in [0.4, 0.5) is 10.8 Å². The van der Waals surface area contributed by atoms with Gasteiger partial charge in [0, 0.05) is 42.2 Å². The third-order valence-corrected chi connectivity index (χ3v) is 8.88. The molecule has 2 aromatic carbocycles. The molecule has 0 amide bonds. The molecule has 0 saturated carbocycles. The highest BCUT2D eigenvalue weighted by atomic mass is 32.2. The summed E-state index contributed by atoms with van der Waals surface area (Å²) in [5.74, 6) is 1.36. The van der Waals surface area contributed by atoms with Gasteiger partial charge in [0.2, 0.25) is 0 Å². The molecule has 3 aromatic rings. The van der Waals surface area contributed by atoms with Crippen molar-refractivity contribution in [3.8, 4) is 22.8 Å². The summed E-state index contributed by atoms with van der Waals surface area (Å²) in [5.41, 5.74) is 1.52. The Balaban J connectivity index is 1.45. The minimum absolute atomic E-state index is 0.120. The summed E-state index contributed by atoms with van der Waals surface area (Å²) in [5, 5.41) is 13.1. The molecule has 0 unspecified atom stereocenters. The number of aromatic nitrogens is 1. The zero-order chi connectivity index (χ0) is 23.6. The first-order valence-electron chi connectivity index (χ1n) is 10.2. The number of benzene rings is 2. The number of sulfone groups is 1. The van der Waals surface area contributed by atoms with Gasteiger partial charge in [0.05, 0.1) is 35.0 Å². The van der Waals surface area contributed by atoms with E-state index in [1.807, 2.05) is 23.6 Å². The van der Waals surface area contributed by atoms with Crippen molar-refractivity contribution in [2.75, 3.05) is 32.2 Å². The fraction of sp³-hybridized carbons (Fsp3) is 0.318. The molecule has 11 heteroatoms. The summed E-state index contributed by atoms with van der Waals surface area (Å²) in [6.07, 6.45) is 0.917. The third-order valence-electron chi connectivity index (χ3n) is 5.70. The number of piperidine rings is 1. The first kappa shape index (κ1) is 23.0. The molecule has 2 heterocycles. The van der Waals surface area contributed by atoms with Crippen LogP contribution >= 0.6 is 11.3 Å². The molecular formula is C22H23N3O6S2. The van der Waals surface area contributed by atoms with E-state index in [4.69, 9.17) is 14.5 Å². The number of nitro groups is 1. The van der Waals surface area contributed by atoms with E-state index in [-0.39, 0.29) is 10.6 Å². The zero-order valence-corrected chi connectivity index (χ0v) is 19.8.